The molecule has 0 aliphatic rings. The van der Waals surface area contributed by atoms with Crippen LogP contribution in [0.4, 0.5) is 0 Å². The summed E-state index contributed by atoms with van der Waals surface area (Å²) in [5.74, 6) is 0.0353. The molecule has 0 saturated carbocycles. The molecular formula is C21H27ClN2O5. The molecule has 7 nitrogen and oxygen atoms in total. The summed E-state index contributed by atoms with van der Waals surface area (Å²) in [6.45, 7) is 4.92. The molecule has 29 heavy (non-hydrogen) atoms. The second-order valence-electron chi connectivity index (χ2n) is 6.64. The van der Waals surface area contributed by atoms with E-state index in [1.807, 2.05) is 12.1 Å². The van der Waals surface area contributed by atoms with Crippen molar-refractivity contribution in [3.8, 4) is 5.75 Å². The van der Waals surface area contributed by atoms with Crippen LogP contribution in [-0.2, 0) is 9.47 Å². The number of hydrogen-bond donors (Lipinski definition) is 1. The minimum atomic E-state index is -0.468. The summed E-state index contributed by atoms with van der Waals surface area (Å²) in [6, 6.07) is 7.18. The number of aromatic amines is 1. The molecule has 1 aromatic carbocycles. The lowest BCUT2D eigenvalue weighted by molar-refractivity contribution is 0.0387. The molecule has 0 fully saturated rings. The Bertz CT molecular complexity index is 850. The smallest absolute Gasteiger partial charge is 0.340 e. The van der Waals surface area contributed by atoms with Gasteiger partial charge in [0.15, 0.2) is 0 Å². The average Bonchev–Trinajstić information content (AvgIpc) is 2.98. The van der Waals surface area contributed by atoms with Crippen molar-refractivity contribution in [2.75, 3.05) is 40.5 Å². The Labute approximate surface area is 175 Å². The van der Waals surface area contributed by atoms with E-state index in [9.17, 15) is 9.59 Å². The predicted octanol–water partition coefficient (Wildman–Crippen LogP) is 3.63. The van der Waals surface area contributed by atoms with Gasteiger partial charge in [0.25, 0.3) is 5.91 Å². The van der Waals surface area contributed by atoms with Gasteiger partial charge in [-0.1, -0.05) is 17.7 Å². The largest absolute Gasteiger partial charge is 0.493 e. The first-order valence-electron chi connectivity index (χ1n) is 9.34. The van der Waals surface area contributed by atoms with Crippen LogP contribution < -0.4 is 4.74 Å². The molecule has 0 atom stereocenters. The van der Waals surface area contributed by atoms with Gasteiger partial charge < -0.3 is 24.1 Å². The molecule has 8 heteroatoms. The lowest BCUT2D eigenvalue weighted by Gasteiger charge is -2.17. The SMILES string of the molecule is COCCOC(=O)c1c(C)[nH]c(C(=O)N(C)CCCOc2cccc(Cl)c2)c1C. The van der Waals surface area contributed by atoms with Crippen LogP contribution >= 0.6 is 11.6 Å². The van der Waals surface area contributed by atoms with Crippen LogP contribution in [0.3, 0.4) is 0 Å². The van der Waals surface area contributed by atoms with E-state index in [0.717, 1.165) is 0 Å². The fourth-order valence-electron chi connectivity index (χ4n) is 2.90. The molecule has 1 aromatic heterocycles. The molecule has 2 aromatic rings. The number of carbonyl (C=O) groups excluding carboxylic acids is 2. The first-order chi connectivity index (χ1) is 13.8. The van der Waals surface area contributed by atoms with Crippen LogP contribution in [0, 0.1) is 13.8 Å². The standard InChI is InChI=1S/C21H27ClN2O5/c1-14-18(21(26)29-12-11-27-4)15(2)23-19(14)20(25)24(3)9-6-10-28-17-8-5-7-16(22)13-17/h5,7-8,13,23H,6,9-12H2,1-4H3. The Morgan fingerprint density at radius 1 is 1.17 bits per heavy atom. The lowest BCUT2D eigenvalue weighted by atomic mass is 10.1. The van der Waals surface area contributed by atoms with Crippen molar-refractivity contribution in [1.82, 2.24) is 9.88 Å². The third-order valence-corrected chi connectivity index (χ3v) is 4.66. The van der Waals surface area contributed by atoms with Gasteiger partial charge >= 0.3 is 5.97 Å². The van der Waals surface area contributed by atoms with Gasteiger partial charge in [0.2, 0.25) is 0 Å². The average molecular weight is 423 g/mol. The number of nitrogens with one attached hydrogen (secondary N) is 1. The number of aryl methyl sites for hydroxylation is 1. The molecule has 1 N–H and O–H groups in total. The van der Waals surface area contributed by atoms with Gasteiger partial charge in [0.1, 0.15) is 18.1 Å². The molecule has 0 saturated heterocycles. The van der Waals surface area contributed by atoms with E-state index >= 15 is 0 Å². The maximum Gasteiger partial charge on any atom is 0.340 e. The number of aromatic nitrogens is 1. The van der Waals surface area contributed by atoms with Crippen LogP contribution in [0.15, 0.2) is 24.3 Å². The van der Waals surface area contributed by atoms with Crippen LogP contribution in [-0.4, -0.2) is 62.3 Å². The van der Waals surface area contributed by atoms with E-state index in [-0.39, 0.29) is 12.5 Å². The molecular weight excluding hydrogens is 396 g/mol. The summed E-state index contributed by atoms with van der Waals surface area (Å²) in [4.78, 5) is 29.7. The molecule has 0 aliphatic carbocycles. The Balaban J connectivity index is 1.91. The highest BCUT2D eigenvalue weighted by molar-refractivity contribution is 6.30. The predicted molar refractivity (Wildman–Crippen MR) is 111 cm³/mol. The van der Waals surface area contributed by atoms with Gasteiger partial charge in [-0.2, -0.15) is 0 Å². The number of esters is 1. The zero-order valence-corrected chi connectivity index (χ0v) is 18.0. The third kappa shape index (κ3) is 6.24. The molecule has 1 amide bonds. The molecule has 1 heterocycles. The molecule has 2 rings (SSSR count). The first-order valence-corrected chi connectivity index (χ1v) is 9.72. The molecule has 158 valence electrons. The van der Waals surface area contributed by atoms with Gasteiger partial charge in [0, 0.05) is 31.4 Å². The van der Waals surface area contributed by atoms with E-state index in [1.54, 1.807) is 37.9 Å². The summed E-state index contributed by atoms with van der Waals surface area (Å²) in [7, 11) is 3.25. The normalized spacial score (nSPS) is 10.7. The van der Waals surface area contributed by atoms with Gasteiger partial charge in [0.05, 0.1) is 18.8 Å². The third-order valence-electron chi connectivity index (χ3n) is 4.43. The second-order valence-corrected chi connectivity index (χ2v) is 7.08. The Hall–Kier alpha value is -2.51. The number of rotatable bonds is 10. The maximum absolute atomic E-state index is 12.8. The fourth-order valence-corrected chi connectivity index (χ4v) is 3.08. The number of H-pyrrole nitrogens is 1. The zero-order chi connectivity index (χ0) is 21.4. The fraction of sp³-hybridized carbons (Fsp3) is 0.429. The van der Waals surface area contributed by atoms with Crippen molar-refractivity contribution < 1.29 is 23.8 Å². The quantitative estimate of drug-likeness (QED) is 0.467. The summed E-state index contributed by atoms with van der Waals surface area (Å²) in [5.41, 5.74) is 1.96. The molecule has 0 aliphatic heterocycles. The second kappa shape index (κ2) is 10.9. The monoisotopic (exact) mass is 422 g/mol. The van der Waals surface area contributed by atoms with Crippen LogP contribution in [0.1, 0.15) is 38.5 Å². The van der Waals surface area contributed by atoms with Crippen molar-refractivity contribution in [2.24, 2.45) is 0 Å². The molecule has 0 radical (unpaired) electrons. The van der Waals surface area contributed by atoms with Gasteiger partial charge in [-0.15, -0.1) is 0 Å². The van der Waals surface area contributed by atoms with Crippen molar-refractivity contribution in [1.29, 1.82) is 0 Å². The summed E-state index contributed by atoms with van der Waals surface area (Å²) >= 11 is 5.93. The van der Waals surface area contributed by atoms with Crippen LogP contribution in [0.2, 0.25) is 5.02 Å². The van der Waals surface area contributed by atoms with Crippen molar-refractivity contribution in [2.45, 2.75) is 20.3 Å². The highest BCUT2D eigenvalue weighted by Crippen LogP contribution is 2.21. The number of hydrogen-bond acceptors (Lipinski definition) is 5. The summed E-state index contributed by atoms with van der Waals surface area (Å²) in [5, 5.41) is 0.615. The van der Waals surface area contributed by atoms with Gasteiger partial charge in [-0.05, 0) is 44.0 Å². The highest BCUT2D eigenvalue weighted by Gasteiger charge is 2.24. The lowest BCUT2D eigenvalue weighted by Crippen LogP contribution is -2.29. The number of nitrogens with zero attached hydrogens (tertiary/aromatic N) is 1. The summed E-state index contributed by atoms with van der Waals surface area (Å²) < 4.78 is 15.7. The van der Waals surface area contributed by atoms with E-state index in [0.29, 0.717) is 59.5 Å². The zero-order valence-electron chi connectivity index (χ0n) is 17.2. The molecule has 0 spiro atoms. The maximum atomic E-state index is 12.8. The highest BCUT2D eigenvalue weighted by atomic mass is 35.5. The number of methoxy groups -OCH3 is 1. The Morgan fingerprint density at radius 2 is 1.93 bits per heavy atom. The van der Waals surface area contributed by atoms with E-state index in [4.69, 9.17) is 25.8 Å². The van der Waals surface area contributed by atoms with Crippen LogP contribution in [0.25, 0.3) is 0 Å². The number of benzene rings is 1. The Morgan fingerprint density at radius 3 is 2.62 bits per heavy atom. The number of amides is 1. The number of ether oxygens (including phenoxy) is 3. The van der Waals surface area contributed by atoms with E-state index < -0.39 is 5.97 Å². The van der Waals surface area contributed by atoms with E-state index in [1.165, 1.54) is 7.11 Å². The van der Waals surface area contributed by atoms with Crippen molar-refractivity contribution in [3.63, 3.8) is 0 Å². The number of carbonyl (C=O) groups is 2. The minimum Gasteiger partial charge on any atom is -0.493 e. The Kier molecular flexibility index (Phi) is 8.54. The molecule has 0 unspecified atom stereocenters. The van der Waals surface area contributed by atoms with Crippen LogP contribution in [0.5, 0.6) is 5.75 Å². The van der Waals surface area contributed by atoms with Gasteiger partial charge in [-0.25, -0.2) is 4.79 Å². The van der Waals surface area contributed by atoms with Crippen molar-refractivity contribution in [3.05, 3.63) is 51.8 Å². The van der Waals surface area contributed by atoms with E-state index in [2.05, 4.69) is 4.98 Å². The van der Waals surface area contributed by atoms with Crippen molar-refractivity contribution >= 4 is 23.5 Å². The summed E-state index contributed by atoms with van der Waals surface area (Å²) in [6.07, 6.45) is 0.652. The minimum absolute atomic E-state index is 0.162. The number of halogens is 1. The van der Waals surface area contributed by atoms with Gasteiger partial charge in [-0.3, -0.25) is 4.79 Å². The molecule has 0 bridgehead atoms. The topological polar surface area (TPSA) is 80.9 Å². The first kappa shape index (κ1) is 22.8.